The molecule has 4 rings (SSSR count). The Bertz CT molecular complexity index is 1090. The molecule has 8 nitrogen and oxygen atoms in total. The topological polar surface area (TPSA) is 82.8 Å². The van der Waals surface area contributed by atoms with Crippen molar-refractivity contribution < 1.29 is 14.2 Å². The highest BCUT2D eigenvalue weighted by Crippen LogP contribution is 2.41. The average Bonchev–Trinajstić information content (AvgIpc) is 3.18. The number of amidine groups is 1. The fourth-order valence-corrected chi connectivity index (χ4v) is 4.18. The number of ether oxygens (including phenoxy) is 3. The molecule has 1 aliphatic rings. The molecule has 3 aromatic rings. The lowest BCUT2D eigenvalue weighted by atomic mass is 10.1. The number of methoxy groups -OCH3 is 3. The molecule has 0 bridgehead atoms. The van der Waals surface area contributed by atoms with Crippen LogP contribution < -0.4 is 19.6 Å². The van der Waals surface area contributed by atoms with Gasteiger partial charge in [0.1, 0.15) is 11.5 Å². The van der Waals surface area contributed by atoms with Gasteiger partial charge in [0, 0.05) is 5.56 Å². The van der Waals surface area contributed by atoms with Gasteiger partial charge in [0.15, 0.2) is 17.3 Å². The van der Waals surface area contributed by atoms with Crippen LogP contribution in [-0.4, -0.2) is 47.8 Å². The summed E-state index contributed by atoms with van der Waals surface area (Å²) in [4.78, 5) is 4.60. The summed E-state index contributed by atoms with van der Waals surface area (Å²) in [5, 5.41) is 10.2. The van der Waals surface area contributed by atoms with Gasteiger partial charge in [-0.1, -0.05) is 41.0 Å². The molecule has 0 radical (unpaired) electrons. The molecule has 2 aromatic carbocycles. The zero-order valence-corrected chi connectivity index (χ0v) is 18.6. The zero-order valence-electron chi connectivity index (χ0n) is 16.3. The molecular weight excluding hydrogens is 449 g/mol. The molecule has 11 heteroatoms. The molecule has 1 aliphatic heterocycles. The first kappa shape index (κ1) is 20.6. The zero-order chi connectivity index (χ0) is 21.3. The summed E-state index contributed by atoms with van der Waals surface area (Å²) < 4.78 is 18.0. The first-order chi connectivity index (χ1) is 14.5. The monoisotopic (exact) mass is 465 g/mol. The van der Waals surface area contributed by atoms with E-state index in [0.717, 1.165) is 5.56 Å². The molecule has 0 aliphatic carbocycles. The predicted molar refractivity (Wildman–Crippen MR) is 119 cm³/mol. The predicted octanol–water partition coefficient (Wildman–Crippen LogP) is 4.66. The van der Waals surface area contributed by atoms with Crippen molar-refractivity contribution >= 4 is 46.5 Å². The Morgan fingerprint density at radius 2 is 1.70 bits per heavy atom. The van der Waals surface area contributed by atoms with Crippen molar-refractivity contribution in [2.75, 3.05) is 32.5 Å². The molecule has 0 atom stereocenters. The largest absolute Gasteiger partial charge is 0.493 e. The molecule has 0 unspecified atom stereocenters. The minimum atomic E-state index is 0.473. The van der Waals surface area contributed by atoms with E-state index in [4.69, 9.17) is 37.4 Å². The van der Waals surface area contributed by atoms with E-state index in [1.807, 2.05) is 0 Å². The molecule has 1 aromatic heterocycles. The van der Waals surface area contributed by atoms with Gasteiger partial charge in [0.05, 0.1) is 37.1 Å². The molecule has 0 fully saturated rings. The smallest absolute Gasteiger partial charge is 0.211 e. The van der Waals surface area contributed by atoms with Crippen molar-refractivity contribution in [2.24, 2.45) is 4.99 Å². The second-order valence-electron chi connectivity index (χ2n) is 6.08. The maximum absolute atomic E-state index is 6.25. The Morgan fingerprint density at radius 3 is 2.30 bits per heavy atom. The number of thioether (sulfide) groups is 1. The van der Waals surface area contributed by atoms with E-state index < -0.39 is 0 Å². The number of fused-ring (bicyclic) bond motifs is 1. The maximum atomic E-state index is 6.25. The third kappa shape index (κ3) is 3.76. The van der Waals surface area contributed by atoms with E-state index in [9.17, 15) is 0 Å². The van der Waals surface area contributed by atoms with Crippen molar-refractivity contribution in [3.8, 4) is 28.6 Å². The Balaban J connectivity index is 1.75. The van der Waals surface area contributed by atoms with Crippen LogP contribution in [0.25, 0.3) is 11.4 Å². The fraction of sp³-hybridized carbons (Fsp3) is 0.211. The van der Waals surface area contributed by atoms with Crippen LogP contribution >= 0.6 is 35.0 Å². The van der Waals surface area contributed by atoms with Gasteiger partial charge in [-0.2, -0.15) is 0 Å². The molecule has 1 N–H and O–H groups in total. The lowest BCUT2D eigenvalue weighted by Gasteiger charge is -2.20. The van der Waals surface area contributed by atoms with Crippen LogP contribution in [-0.2, 0) is 0 Å². The van der Waals surface area contributed by atoms with Gasteiger partial charge in [0.2, 0.25) is 10.9 Å². The van der Waals surface area contributed by atoms with E-state index in [-0.39, 0.29) is 0 Å². The highest BCUT2D eigenvalue weighted by Gasteiger charge is 2.24. The average molecular weight is 466 g/mol. The molecule has 30 heavy (non-hydrogen) atoms. The molecule has 156 valence electrons. The first-order valence-electron chi connectivity index (χ1n) is 8.73. The van der Waals surface area contributed by atoms with Gasteiger partial charge in [-0.25, -0.2) is 9.67 Å². The SMILES string of the molecule is COc1cc(-c2nnc3n2NC(=Nc2c(Cl)cccc2Cl)CS3)cc(OC)c1OC. The molecule has 0 amide bonds. The number of rotatable bonds is 5. The first-order valence-corrected chi connectivity index (χ1v) is 10.5. The standard InChI is InChI=1S/C19H17Cl2N5O3S/c1-27-13-7-10(8-14(28-2)17(13)29-3)18-23-24-19-26(18)25-15(9-30-19)22-16-11(20)5-4-6-12(16)21/h4-8H,9H2,1-3H3,(H,22,25). The summed E-state index contributed by atoms with van der Waals surface area (Å²) in [7, 11) is 4.68. The van der Waals surface area contributed by atoms with Gasteiger partial charge < -0.3 is 14.2 Å². The minimum Gasteiger partial charge on any atom is -0.493 e. The van der Waals surface area contributed by atoms with E-state index in [0.29, 0.717) is 55.6 Å². The van der Waals surface area contributed by atoms with E-state index in [1.54, 1.807) is 56.3 Å². The summed E-state index contributed by atoms with van der Waals surface area (Å²) in [5.41, 5.74) is 4.48. The lowest BCUT2D eigenvalue weighted by Crippen LogP contribution is -2.30. The van der Waals surface area contributed by atoms with Crippen molar-refractivity contribution in [1.29, 1.82) is 0 Å². The summed E-state index contributed by atoms with van der Waals surface area (Å²) in [6, 6.07) is 8.88. The molecule has 0 saturated carbocycles. The molecule has 0 saturated heterocycles. The van der Waals surface area contributed by atoms with Crippen LogP contribution in [0.1, 0.15) is 0 Å². The van der Waals surface area contributed by atoms with Gasteiger partial charge in [0.25, 0.3) is 0 Å². The van der Waals surface area contributed by atoms with Crippen molar-refractivity contribution in [1.82, 2.24) is 14.9 Å². The summed E-state index contributed by atoms with van der Waals surface area (Å²) >= 11 is 14.0. The number of aromatic nitrogens is 3. The molecular formula is C19H17Cl2N5O3S. The Morgan fingerprint density at radius 1 is 1.03 bits per heavy atom. The van der Waals surface area contributed by atoms with Gasteiger partial charge in [-0.3, -0.25) is 5.43 Å². The van der Waals surface area contributed by atoms with Crippen LogP contribution in [0.15, 0.2) is 40.5 Å². The summed E-state index contributed by atoms with van der Waals surface area (Å²) in [5.74, 6) is 3.33. The Kier molecular flexibility index (Phi) is 5.94. The van der Waals surface area contributed by atoms with Crippen molar-refractivity contribution in [2.45, 2.75) is 5.16 Å². The Labute approximate surface area is 187 Å². The number of hydrogen-bond acceptors (Lipinski definition) is 7. The van der Waals surface area contributed by atoms with Crippen molar-refractivity contribution in [3.63, 3.8) is 0 Å². The van der Waals surface area contributed by atoms with E-state index >= 15 is 0 Å². The third-order valence-corrected chi connectivity index (χ3v) is 5.87. The van der Waals surface area contributed by atoms with Crippen LogP contribution in [0.4, 0.5) is 5.69 Å². The highest BCUT2D eigenvalue weighted by molar-refractivity contribution is 7.99. The minimum absolute atomic E-state index is 0.473. The summed E-state index contributed by atoms with van der Waals surface area (Å²) in [6.07, 6.45) is 0. The number of nitrogens with zero attached hydrogens (tertiary/aromatic N) is 4. The maximum Gasteiger partial charge on any atom is 0.211 e. The van der Waals surface area contributed by atoms with Crippen molar-refractivity contribution in [3.05, 3.63) is 40.4 Å². The number of hydrogen-bond donors (Lipinski definition) is 1. The van der Waals surface area contributed by atoms with E-state index in [2.05, 4.69) is 20.6 Å². The van der Waals surface area contributed by atoms with Crippen LogP contribution in [0, 0.1) is 0 Å². The molecule has 0 spiro atoms. The number of para-hydroxylation sites is 1. The quantitative estimate of drug-likeness (QED) is 0.586. The third-order valence-electron chi connectivity index (χ3n) is 4.32. The van der Waals surface area contributed by atoms with Gasteiger partial charge in [-0.05, 0) is 24.3 Å². The van der Waals surface area contributed by atoms with Crippen LogP contribution in [0.3, 0.4) is 0 Å². The second kappa shape index (κ2) is 8.63. The fourth-order valence-electron chi connectivity index (χ4n) is 2.94. The Hall–Kier alpha value is -2.62. The van der Waals surface area contributed by atoms with Gasteiger partial charge in [-0.15, -0.1) is 10.2 Å². The van der Waals surface area contributed by atoms with E-state index in [1.165, 1.54) is 11.8 Å². The lowest BCUT2D eigenvalue weighted by molar-refractivity contribution is 0.324. The molecule has 2 heterocycles. The second-order valence-corrected chi connectivity index (χ2v) is 7.84. The normalized spacial score (nSPS) is 14.2. The van der Waals surface area contributed by atoms with Crippen LogP contribution in [0.2, 0.25) is 10.0 Å². The highest BCUT2D eigenvalue weighted by atomic mass is 35.5. The number of nitrogens with one attached hydrogen (secondary N) is 1. The number of benzene rings is 2. The summed E-state index contributed by atoms with van der Waals surface area (Å²) in [6.45, 7) is 0. The van der Waals surface area contributed by atoms with Gasteiger partial charge >= 0.3 is 0 Å². The number of aliphatic imine (C=N–C) groups is 1. The number of halogens is 2. The van der Waals surface area contributed by atoms with Crippen LogP contribution in [0.5, 0.6) is 17.2 Å².